The minimum Gasteiger partial charge on any atom is -0.311 e. The third-order valence-electron chi connectivity index (χ3n) is 3.49. The van der Waals surface area contributed by atoms with Crippen LogP contribution in [0.25, 0.3) is 0 Å². The summed E-state index contributed by atoms with van der Waals surface area (Å²) in [5.41, 5.74) is 2.71. The number of hydrogen-bond donors (Lipinski definition) is 1. The van der Waals surface area contributed by atoms with Crippen LogP contribution in [0.3, 0.4) is 0 Å². The third kappa shape index (κ3) is 4.14. The minimum atomic E-state index is 0.890. The fourth-order valence-electron chi connectivity index (χ4n) is 2.20. The van der Waals surface area contributed by atoms with Crippen molar-refractivity contribution in [1.29, 1.82) is 0 Å². The topological polar surface area (TPSA) is 15.3 Å². The van der Waals surface area contributed by atoms with Crippen LogP contribution in [0, 0.1) is 6.92 Å². The largest absolute Gasteiger partial charge is 0.311 e. The molecule has 1 aliphatic carbocycles. The zero-order valence-corrected chi connectivity index (χ0v) is 11.1. The van der Waals surface area contributed by atoms with Gasteiger partial charge < -0.3 is 5.32 Å². The van der Waals surface area contributed by atoms with Crippen LogP contribution in [-0.4, -0.2) is 30.6 Å². The lowest BCUT2D eigenvalue weighted by Crippen LogP contribution is -2.33. The van der Waals surface area contributed by atoms with Gasteiger partial charge in [0.15, 0.2) is 0 Å². The standard InChI is InChI=1S/C15H24N2/c1-3-17(15-8-9-15)11-10-16-12-14-6-4-13(2)5-7-14/h4-7,15-16H,3,8-12H2,1-2H3. The van der Waals surface area contributed by atoms with E-state index in [0.29, 0.717) is 0 Å². The summed E-state index contributed by atoms with van der Waals surface area (Å²) in [6.45, 7) is 8.86. The Morgan fingerprint density at radius 1 is 1.24 bits per heavy atom. The number of hydrogen-bond acceptors (Lipinski definition) is 2. The van der Waals surface area contributed by atoms with Crippen molar-refractivity contribution in [3.63, 3.8) is 0 Å². The van der Waals surface area contributed by atoms with Crippen LogP contribution in [0.5, 0.6) is 0 Å². The number of aryl methyl sites for hydroxylation is 1. The monoisotopic (exact) mass is 232 g/mol. The Labute approximate surface area is 105 Å². The fraction of sp³-hybridized carbons (Fsp3) is 0.600. The van der Waals surface area contributed by atoms with Crippen LogP contribution >= 0.6 is 0 Å². The molecular weight excluding hydrogens is 208 g/mol. The molecule has 2 heteroatoms. The van der Waals surface area contributed by atoms with Gasteiger partial charge in [-0.15, -0.1) is 0 Å². The van der Waals surface area contributed by atoms with Crippen LogP contribution in [0.1, 0.15) is 30.9 Å². The van der Waals surface area contributed by atoms with E-state index in [1.807, 2.05) is 0 Å². The lowest BCUT2D eigenvalue weighted by Gasteiger charge is -2.19. The minimum absolute atomic E-state index is 0.890. The summed E-state index contributed by atoms with van der Waals surface area (Å²) in [6, 6.07) is 9.67. The Morgan fingerprint density at radius 3 is 2.53 bits per heavy atom. The molecular formula is C15H24N2. The molecule has 1 fully saturated rings. The normalized spacial score (nSPS) is 15.5. The van der Waals surface area contributed by atoms with Crippen molar-refractivity contribution in [3.05, 3.63) is 35.4 Å². The Morgan fingerprint density at radius 2 is 1.94 bits per heavy atom. The third-order valence-corrected chi connectivity index (χ3v) is 3.49. The van der Waals surface area contributed by atoms with Crippen LogP contribution in [-0.2, 0) is 6.54 Å². The molecule has 0 aliphatic heterocycles. The average molecular weight is 232 g/mol. The molecule has 0 saturated heterocycles. The number of benzene rings is 1. The molecule has 0 bridgehead atoms. The molecule has 1 N–H and O–H groups in total. The van der Waals surface area contributed by atoms with Crippen LogP contribution in [0.2, 0.25) is 0 Å². The quantitative estimate of drug-likeness (QED) is 0.727. The highest BCUT2D eigenvalue weighted by molar-refractivity contribution is 5.20. The Bertz CT molecular complexity index is 327. The van der Waals surface area contributed by atoms with Gasteiger partial charge >= 0.3 is 0 Å². The number of likely N-dealkylation sites (N-methyl/N-ethyl adjacent to an activating group) is 1. The molecule has 0 aromatic heterocycles. The maximum atomic E-state index is 3.53. The van der Waals surface area contributed by atoms with Crippen molar-refractivity contribution >= 4 is 0 Å². The van der Waals surface area contributed by atoms with Crippen LogP contribution in [0.15, 0.2) is 24.3 Å². The molecule has 17 heavy (non-hydrogen) atoms. The molecule has 0 unspecified atom stereocenters. The number of nitrogens with one attached hydrogen (secondary N) is 1. The molecule has 1 saturated carbocycles. The zero-order valence-electron chi connectivity index (χ0n) is 11.1. The van der Waals surface area contributed by atoms with E-state index in [2.05, 4.69) is 48.3 Å². The summed E-state index contributed by atoms with van der Waals surface area (Å²) in [5.74, 6) is 0. The molecule has 1 aliphatic rings. The Kier molecular flexibility index (Phi) is 4.57. The summed E-state index contributed by atoms with van der Waals surface area (Å²) in [4.78, 5) is 2.59. The van der Waals surface area contributed by atoms with Crippen LogP contribution < -0.4 is 5.32 Å². The predicted octanol–water partition coefficient (Wildman–Crippen LogP) is 2.57. The van der Waals surface area contributed by atoms with E-state index in [1.165, 1.54) is 37.1 Å². The smallest absolute Gasteiger partial charge is 0.0206 e. The van der Waals surface area contributed by atoms with E-state index in [-0.39, 0.29) is 0 Å². The molecule has 0 heterocycles. The molecule has 1 aromatic rings. The van der Waals surface area contributed by atoms with Crippen molar-refractivity contribution in [2.75, 3.05) is 19.6 Å². The second-order valence-corrected chi connectivity index (χ2v) is 5.02. The molecule has 94 valence electrons. The predicted molar refractivity (Wildman–Crippen MR) is 73.2 cm³/mol. The highest BCUT2D eigenvalue weighted by Gasteiger charge is 2.26. The zero-order chi connectivity index (χ0) is 12.1. The lowest BCUT2D eigenvalue weighted by atomic mass is 10.1. The number of nitrogens with zero attached hydrogens (tertiary/aromatic N) is 1. The van der Waals surface area contributed by atoms with E-state index in [1.54, 1.807) is 0 Å². The molecule has 0 spiro atoms. The summed E-state index contributed by atoms with van der Waals surface area (Å²) in [6.07, 6.45) is 2.82. The summed E-state index contributed by atoms with van der Waals surface area (Å²) in [5, 5.41) is 3.53. The SMILES string of the molecule is CCN(CCNCc1ccc(C)cc1)C1CC1. The first-order chi connectivity index (χ1) is 8.29. The fourth-order valence-corrected chi connectivity index (χ4v) is 2.20. The number of rotatable bonds is 7. The van der Waals surface area contributed by atoms with Crippen molar-refractivity contribution in [2.24, 2.45) is 0 Å². The Balaban J connectivity index is 1.63. The van der Waals surface area contributed by atoms with Gasteiger partial charge in [-0.1, -0.05) is 36.8 Å². The highest BCUT2D eigenvalue weighted by Crippen LogP contribution is 2.25. The van der Waals surface area contributed by atoms with Crippen molar-refractivity contribution < 1.29 is 0 Å². The summed E-state index contributed by atoms with van der Waals surface area (Å²) < 4.78 is 0. The van der Waals surface area contributed by atoms with Crippen LogP contribution in [0.4, 0.5) is 0 Å². The second kappa shape index (κ2) is 6.18. The summed E-state index contributed by atoms with van der Waals surface area (Å²) >= 11 is 0. The highest BCUT2D eigenvalue weighted by atomic mass is 15.2. The average Bonchev–Trinajstić information content (AvgIpc) is 3.16. The first kappa shape index (κ1) is 12.6. The second-order valence-electron chi connectivity index (χ2n) is 5.02. The molecule has 1 aromatic carbocycles. The van der Waals surface area contributed by atoms with E-state index < -0.39 is 0 Å². The van der Waals surface area contributed by atoms with E-state index in [0.717, 1.165) is 19.1 Å². The first-order valence-corrected chi connectivity index (χ1v) is 6.80. The molecule has 2 nitrogen and oxygen atoms in total. The van der Waals surface area contributed by atoms with Crippen molar-refractivity contribution in [3.8, 4) is 0 Å². The maximum Gasteiger partial charge on any atom is 0.0206 e. The molecule has 0 amide bonds. The van der Waals surface area contributed by atoms with E-state index in [4.69, 9.17) is 0 Å². The van der Waals surface area contributed by atoms with Gasteiger partial charge in [-0.05, 0) is 31.9 Å². The van der Waals surface area contributed by atoms with Gasteiger partial charge in [0.25, 0.3) is 0 Å². The van der Waals surface area contributed by atoms with Gasteiger partial charge in [0.1, 0.15) is 0 Å². The van der Waals surface area contributed by atoms with Crippen molar-refractivity contribution in [1.82, 2.24) is 10.2 Å². The molecule has 0 radical (unpaired) electrons. The van der Waals surface area contributed by atoms with Gasteiger partial charge in [0.2, 0.25) is 0 Å². The first-order valence-electron chi connectivity index (χ1n) is 6.80. The van der Waals surface area contributed by atoms with Gasteiger partial charge in [0.05, 0.1) is 0 Å². The van der Waals surface area contributed by atoms with Gasteiger partial charge in [-0.25, -0.2) is 0 Å². The van der Waals surface area contributed by atoms with E-state index in [9.17, 15) is 0 Å². The summed E-state index contributed by atoms with van der Waals surface area (Å²) in [7, 11) is 0. The molecule has 0 atom stereocenters. The Hall–Kier alpha value is -0.860. The molecule has 2 rings (SSSR count). The van der Waals surface area contributed by atoms with Gasteiger partial charge in [-0.3, -0.25) is 4.90 Å². The lowest BCUT2D eigenvalue weighted by molar-refractivity contribution is 0.277. The van der Waals surface area contributed by atoms with Gasteiger partial charge in [0, 0.05) is 25.7 Å². The van der Waals surface area contributed by atoms with E-state index >= 15 is 0 Å². The maximum absolute atomic E-state index is 3.53. The van der Waals surface area contributed by atoms with Gasteiger partial charge in [-0.2, -0.15) is 0 Å². The van der Waals surface area contributed by atoms with Crippen molar-refractivity contribution in [2.45, 2.75) is 39.3 Å².